The van der Waals surface area contributed by atoms with Gasteiger partial charge in [0.2, 0.25) is 0 Å². The summed E-state index contributed by atoms with van der Waals surface area (Å²) in [6, 6.07) is 4.21. The maximum Gasteiger partial charge on any atom is 0.264 e. The summed E-state index contributed by atoms with van der Waals surface area (Å²) in [7, 11) is -0.150. The number of ether oxygens (including phenoxy) is 2. The highest BCUT2D eigenvalue weighted by Crippen LogP contribution is 2.56. The Labute approximate surface area is 155 Å². The third-order valence-corrected chi connectivity index (χ3v) is 7.01. The van der Waals surface area contributed by atoms with E-state index in [2.05, 4.69) is 17.0 Å². The normalized spacial score (nSPS) is 31.0. The molecule has 7 heteroatoms. The lowest BCUT2D eigenvalue weighted by molar-refractivity contribution is -0.0149. The van der Waals surface area contributed by atoms with E-state index in [1.54, 1.807) is 14.2 Å². The number of rotatable bonds is 4. The zero-order chi connectivity index (χ0) is 18.5. The molecule has 4 rings (SSSR count). The summed E-state index contributed by atoms with van der Waals surface area (Å²) < 4.78 is 40.2. The van der Waals surface area contributed by atoms with E-state index in [0.717, 1.165) is 62.9 Å². The molecule has 2 fully saturated rings. The Morgan fingerprint density at radius 1 is 1.12 bits per heavy atom. The van der Waals surface area contributed by atoms with Crippen molar-refractivity contribution in [2.75, 3.05) is 33.6 Å². The topological polar surface area (TPSA) is 65.1 Å². The van der Waals surface area contributed by atoms with Crippen molar-refractivity contribution in [1.29, 1.82) is 0 Å². The number of hydrogen-bond acceptors (Lipinski definition) is 6. The van der Waals surface area contributed by atoms with Crippen molar-refractivity contribution in [1.82, 2.24) is 4.90 Å². The van der Waals surface area contributed by atoms with Gasteiger partial charge >= 0.3 is 0 Å². The molecule has 1 saturated heterocycles. The fourth-order valence-electron chi connectivity index (χ4n) is 5.52. The molecule has 0 N–H and O–H groups in total. The summed E-state index contributed by atoms with van der Waals surface area (Å²) in [6.07, 6.45) is 5.64. The van der Waals surface area contributed by atoms with Crippen molar-refractivity contribution >= 4 is 10.1 Å². The van der Waals surface area contributed by atoms with Crippen molar-refractivity contribution in [3.8, 4) is 11.5 Å². The third-order valence-electron chi connectivity index (χ3n) is 6.41. The lowest BCUT2D eigenvalue weighted by atomic mass is 9.65. The number of methoxy groups -OCH3 is 2. The maximum absolute atomic E-state index is 11.8. The predicted molar refractivity (Wildman–Crippen MR) is 98.2 cm³/mol. The second kappa shape index (κ2) is 6.39. The minimum absolute atomic E-state index is 0.152. The highest BCUT2D eigenvalue weighted by atomic mass is 32.2. The van der Waals surface area contributed by atoms with Crippen LogP contribution >= 0.6 is 0 Å². The second-order valence-electron chi connectivity index (χ2n) is 7.65. The average Bonchev–Trinajstić information content (AvgIpc) is 3.00. The first-order valence-corrected chi connectivity index (χ1v) is 11.1. The molecule has 1 aromatic rings. The second-order valence-corrected chi connectivity index (χ2v) is 9.25. The average molecular weight is 381 g/mol. The molecule has 1 saturated carbocycles. The standard InChI is InChI=1S/C19H27NO5S/c1-23-17-11-13-6-9-20-10-7-14-16(25-26(3,21)22)5-4-8-19(14,20)15(13)12-18(17)24-2/h11-12,14,16H,4-10H2,1-3H3/t14-,16-,19+/m1/s1. The molecule has 26 heavy (non-hydrogen) atoms. The minimum Gasteiger partial charge on any atom is -0.493 e. The molecule has 3 aliphatic rings. The Morgan fingerprint density at radius 2 is 1.85 bits per heavy atom. The smallest absolute Gasteiger partial charge is 0.264 e. The molecule has 2 heterocycles. The van der Waals surface area contributed by atoms with Crippen LogP contribution in [0.4, 0.5) is 0 Å². The SMILES string of the molecule is COc1cc2c(cc1OC)[C@]13CCC[C@@H](OS(C)(=O)=O)[C@H]1CCN3CC2. The molecule has 0 aromatic heterocycles. The fraction of sp³-hybridized carbons (Fsp3) is 0.684. The highest BCUT2D eigenvalue weighted by Gasteiger charge is 2.57. The molecular weight excluding hydrogens is 354 g/mol. The van der Waals surface area contributed by atoms with Crippen molar-refractivity contribution in [2.45, 2.75) is 43.7 Å². The van der Waals surface area contributed by atoms with Gasteiger partial charge in [-0.2, -0.15) is 8.42 Å². The van der Waals surface area contributed by atoms with Gasteiger partial charge in [-0.05, 0) is 61.9 Å². The summed E-state index contributed by atoms with van der Waals surface area (Å²) in [5.41, 5.74) is 2.40. The predicted octanol–water partition coefficient (Wildman–Crippen LogP) is 2.31. The Kier molecular flexibility index (Phi) is 4.44. The summed E-state index contributed by atoms with van der Waals surface area (Å²) in [5.74, 6) is 1.67. The van der Waals surface area contributed by atoms with Crippen LogP contribution in [0.5, 0.6) is 11.5 Å². The number of nitrogens with zero attached hydrogens (tertiary/aromatic N) is 1. The molecule has 144 valence electrons. The molecule has 0 unspecified atom stereocenters. The van der Waals surface area contributed by atoms with Crippen molar-refractivity contribution in [3.05, 3.63) is 23.3 Å². The van der Waals surface area contributed by atoms with Gasteiger partial charge in [-0.3, -0.25) is 9.08 Å². The van der Waals surface area contributed by atoms with E-state index in [9.17, 15) is 8.42 Å². The molecule has 0 radical (unpaired) electrons. The molecule has 1 aliphatic carbocycles. The van der Waals surface area contributed by atoms with Gasteiger partial charge in [0.05, 0.1) is 32.1 Å². The van der Waals surface area contributed by atoms with Crippen LogP contribution in [0.15, 0.2) is 12.1 Å². The lowest BCUT2D eigenvalue weighted by Gasteiger charge is -2.51. The summed E-state index contributed by atoms with van der Waals surface area (Å²) in [4.78, 5) is 2.55. The van der Waals surface area contributed by atoms with Crippen LogP contribution in [0.1, 0.15) is 36.8 Å². The van der Waals surface area contributed by atoms with Gasteiger partial charge in [0.25, 0.3) is 10.1 Å². The van der Waals surface area contributed by atoms with Crippen LogP contribution in [-0.2, 0) is 26.3 Å². The van der Waals surface area contributed by atoms with E-state index in [-0.39, 0.29) is 17.6 Å². The van der Waals surface area contributed by atoms with E-state index in [1.807, 2.05) is 0 Å². The lowest BCUT2D eigenvalue weighted by Crippen LogP contribution is -2.54. The number of fused-ring (bicyclic) bond motifs is 1. The Hall–Kier alpha value is -1.31. The quantitative estimate of drug-likeness (QED) is 0.746. The highest BCUT2D eigenvalue weighted by molar-refractivity contribution is 7.86. The van der Waals surface area contributed by atoms with Crippen molar-refractivity contribution in [2.24, 2.45) is 5.92 Å². The fourth-order valence-corrected chi connectivity index (χ4v) is 6.20. The number of hydrogen-bond donors (Lipinski definition) is 0. The van der Waals surface area contributed by atoms with Crippen LogP contribution in [0.3, 0.4) is 0 Å². The van der Waals surface area contributed by atoms with Gasteiger partial charge in [0.1, 0.15) is 0 Å². The van der Waals surface area contributed by atoms with Crippen LogP contribution in [0.2, 0.25) is 0 Å². The first kappa shape index (κ1) is 18.1. The summed E-state index contributed by atoms with van der Waals surface area (Å²) >= 11 is 0. The van der Waals surface area contributed by atoms with Gasteiger partial charge in [0, 0.05) is 12.5 Å². The monoisotopic (exact) mass is 381 g/mol. The number of benzene rings is 1. The van der Waals surface area contributed by atoms with Gasteiger partial charge in [-0.15, -0.1) is 0 Å². The van der Waals surface area contributed by atoms with Crippen molar-refractivity contribution < 1.29 is 22.1 Å². The Bertz CT molecular complexity index is 808. The molecule has 2 aliphatic heterocycles. The molecule has 0 amide bonds. The summed E-state index contributed by atoms with van der Waals surface area (Å²) in [5, 5.41) is 0. The van der Waals surface area contributed by atoms with Crippen LogP contribution in [-0.4, -0.2) is 53.0 Å². The largest absolute Gasteiger partial charge is 0.493 e. The first-order valence-electron chi connectivity index (χ1n) is 9.28. The summed E-state index contributed by atoms with van der Waals surface area (Å²) in [6.45, 7) is 1.98. The Morgan fingerprint density at radius 3 is 2.54 bits per heavy atom. The first-order chi connectivity index (χ1) is 12.4. The van der Waals surface area contributed by atoms with E-state index in [0.29, 0.717) is 0 Å². The van der Waals surface area contributed by atoms with E-state index >= 15 is 0 Å². The Balaban J connectivity index is 1.82. The molecular formula is C19H27NO5S. The molecule has 1 spiro atoms. The maximum atomic E-state index is 11.8. The van der Waals surface area contributed by atoms with E-state index < -0.39 is 10.1 Å². The third kappa shape index (κ3) is 2.72. The van der Waals surface area contributed by atoms with E-state index in [1.165, 1.54) is 11.1 Å². The van der Waals surface area contributed by atoms with Gasteiger partial charge in [0.15, 0.2) is 11.5 Å². The molecule has 0 bridgehead atoms. The van der Waals surface area contributed by atoms with Crippen LogP contribution in [0, 0.1) is 5.92 Å². The van der Waals surface area contributed by atoms with Crippen LogP contribution in [0.25, 0.3) is 0 Å². The molecule has 3 atom stereocenters. The van der Waals surface area contributed by atoms with Gasteiger partial charge < -0.3 is 9.47 Å². The molecule has 1 aromatic carbocycles. The van der Waals surface area contributed by atoms with Crippen LogP contribution < -0.4 is 9.47 Å². The zero-order valence-corrected chi connectivity index (χ0v) is 16.5. The van der Waals surface area contributed by atoms with Gasteiger partial charge in [-0.1, -0.05) is 0 Å². The van der Waals surface area contributed by atoms with Gasteiger partial charge in [-0.25, -0.2) is 0 Å². The van der Waals surface area contributed by atoms with Crippen molar-refractivity contribution in [3.63, 3.8) is 0 Å². The molecule has 6 nitrogen and oxygen atoms in total. The minimum atomic E-state index is -3.47. The van der Waals surface area contributed by atoms with E-state index in [4.69, 9.17) is 13.7 Å². The zero-order valence-electron chi connectivity index (χ0n) is 15.7.